The Morgan fingerprint density at radius 2 is 1.38 bits per heavy atom. The second kappa shape index (κ2) is 9.71. The average molecular weight is 447 g/mol. The summed E-state index contributed by atoms with van der Waals surface area (Å²) in [7, 11) is 3.26. The minimum atomic E-state index is -0.151. The quantitative estimate of drug-likeness (QED) is 0.376. The van der Waals surface area contributed by atoms with Gasteiger partial charge in [-0.05, 0) is 66.1 Å². The van der Waals surface area contributed by atoms with Gasteiger partial charge in [-0.1, -0.05) is 35.9 Å². The largest absolute Gasteiger partial charge is 0.497 e. The fraction of sp³-hybridized carbons (Fsp3) is 0.154. The van der Waals surface area contributed by atoms with Crippen LogP contribution in [0, 0.1) is 0 Å². The first kappa shape index (κ1) is 21.7. The number of hydrogen-bond acceptors (Lipinski definition) is 4. The molecule has 0 atom stereocenters. The molecule has 0 aliphatic carbocycles. The van der Waals surface area contributed by atoms with E-state index in [0.29, 0.717) is 18.0 Å². The van der Waals surface area contributed by atoms with E-state index in [2.05, 4.69) is 0 Å². The molecule has 0 radical (unpaired) electrons. The van der Waals surface area contributed by atoms with Gasteiger partial charge < -0.3 is 9.47 Å². The first-order valence-electron chi connectivity index (χ1n) is 10.2. The van der Waals surface area contributed by atoms with E-state index in [4.69, 9.17) is 26.2 Å². The van der Waals surface area contributed by atoms with Crippen molar-refractivity contribution in [2.24, 2.45) is 0 Å². The number of aryl methyl sites for hydroxylation is 2. The minimum Gasteiger partial charge on any atom is -0.497 e. The van der Waals surface area contributed by atoms with Crippen LogP contribution in [0.3, 0.4) is 0 Å². The molecule has 5 nitrogen and oxygen atoms in total. The standard InChI is InChI=1S/C26H23ClN2O3/c1-31-22-11-5-19(6-12-22)24-17-25(30)29(16-15-18-3-9-21(27)10-4-18)28-26(24)20-7-13-23(32-2)14-8-20/h3-14,17H,15-16H2,1-2H3. The van der Waals surface area contributed by atoms with Crippen LogP contribution in [0.5, 0.6) is 11.5 Å². The zero-order chi connectivity index (χ0) is 22.5. The molecule has 6 heteroatoms. The van der Waals surface area contributed by atoms with Crippen LogP contribution >= 0.6 is 11.6 Å². The molecule has 0 saturated carbocycles. The third-order valence-corrected chi connectivity index (χ3v) is 5.54. The lowest BCUT2D eigenvalue weighted by Crippen LogP contribution is -2.24. The Kier molecular flexibility index (Phi) is 6.57. The molecule has 4 rings (SSSR count). The lowest BCUT2D eigenvalue weighted by Gasteiger charge is -2.13. The maximum Gasteiger partial charge on any atom is 0.267 e. The molecule has 0 bridgehead atoms. The highest BCUT2D eigenvalue weighted by molar-refractivity contribution is 6.30. The number of hydrogen-bond donors (Lipinski definition) is 0. The van der Waals surface area contributed by atoms with Crippen molar-refractivity contribution in [3.05, 3.63) is 99.8 Å². The monoisotopic (exact) mass is 446 g/mol. The maximum absolute atomic E-state index is 12.9. The van der Waals surface area contributed by atoms with Crippen molar-refractivity contribution in [3.8, 4) is 33.9 Å². The highest BCUT2D eigenvalue weighted by Crippen LogP contribution is 2.31. The second-order valence-electron chi connectivity index (χ2n) is 7.30. The molecule has 0 aliphatic heterocycles. The van der Waals surface area contributed by atoms with E-state index in [-0.39, 0.29) is 5.56 Å². The molecule has 0 fully saturated rings. The van der Waals surface area contributed by atoms with Crippen molar-refractivity contribution in [1.29, 1.82) is 0 Å². The Hall–Kier alpha value is -3.57. The third kappa shape index (κ3) is 4.84. The van der Waals surface area contributed by atoms with Crippen LogP contribution in [0.25, 0.3) is 22.4 Å². The summed E-state index contributed by atoms with van der Waals surface area (Å²) < 4.78 is 12.1. The van der Waals surface area contributed by atoms with Crippen molar-refractivity contribution in [2.45, 2.75) is 13.0 Å². The lowest BCUT2D eigenvalue weighted by atomic mass is 10.00. The van der Waals surface area contributed by atoms with Crippen molar-refractivity contribution in [3.63, 3.8) is 0 Å². The van der Waals surface area contributed by atoms with Crippen molar-refractivity contribution >= 4 is 11.6 Å². The van der Waals surface area contributed by atoms with Crippen LogP contribution in [-0.2, 0) is 13.0 Å². The fourth-order valence-corrected chi connectivity index (χ4v) is 3.62. The van der Waals surface area contributed by atoms with Crippen LogP contribution in [0.15, 0.2) is 83.7 Å². The van der Waals surface area contributed by atoms with Crippen molar-refractivity contribution in [2.75, 3.05) is 14.2 Å². The molecule has 162 valence electrons. The molecule has 0 aliphatic rings. The summed E-state index contributed by atoms with van der Waals surface area (Å²) in [6.07, 6.45) is 0.675. The van der Waals surface area contributed by atoms with E-state index >= 15 is 0 Å². The maximum atomic E-state index is 12.9. The molecular formula is C26H23ClN2O3. The van der Waals surface area contributed by atoms with Gasteiger partial charge in [0.25, 0.3) is 5.56 Å². The van der Waals surface area contributed by atoms with Crippen LogP contribution in [0.4, 0.5) is 0 Å². The highest BCUT2D eigenvalue weighted by atomic mass is 35.5. The predicted molar refractivity (Wildman–Crippen MR) is 128 cm³/mol. The molecule has 1 aromatic heterocycles. The fourth-order valence-electron chi connectivity index (χ4n) is 3.49. The Labute approximate surface area is 191 Å². The van der Waals surface area contributed by atoms with E-state index in [0.717, 1.165) is 39.4 Å². The molecule has 0 amide bonds. The van der Waals surface area contributed by atoms with Gasteiger partial charge in [-0.3, -0.25) is 4.79 Å². The number of halogens is 1. The summed E-state index contributed by atoms with van der Waals surface area (Å²) in [4.78, 5) is 12.9. The van der Waals surface area contributed by atoms with Crippen molar-refractivity contribution < 1.29 is 9.47 Å². The van der Waals surface area contributed by atoms with E-state index in [1.165, 1.54) is 4.68 Å². The van der Waals surface area contributed by atoms with Gasteiger partial charge in [0.2, 0.25) is 0 Å². The van der Waals surface area contributed by atoms with Gasteiger partial charge >= 0.3 is 0 Å². The van der Waals surface area contributed by atoms with Gasteiger partial charge in [-0.25, -0.2) is 4.68 Å². The van der Waals surface area contributed by atoms with Crippen LogP contribution in [0.2, 0.25) is 5.02 Å². The van der Waals surface area contributed by atoms with Gasteiger partial charge in [0, 0.05) is 28.8 Å². The summed E-state index contributed by atoms with van der Waals surface area (Å²) in [5.74, 6) is 1.51. The van der Waals surface area contributed by atoms with Crippen LogP contribution in [-0.4, -0.2) is 24.0 Å². The number of benzene rings is 3. The highest BCUT2D eigenvalue weighted by Gasteiger charge is 2.14. The van der Waals surface area contributed by atoms with E-state index in [1.807, 2.05) is 72.8 Å². The summed E-state index contributed by atoms with van der Waals surface area (Å²) in [6, 6.07) is 24.5. The van der Waals surface area contributed by atoms with Gasteiger partial charge in [-0.15, -0.1) is 0 Å². The SMILES string of the molecule is COc1ccc(-c2cc(=O)n(CCc3ccc(Cl)cc3)nc2-c2ccc(OC)cc2)cc1. The topological polar surface area (TPSA) is 53.4 Å². The Balaban J connectivity index is 1.75. The van der Waals surface area contributed by atoms with E-state index < -0.39 is 0 Å². The normalized spacial score (nSPS) is 10.7. The zero-order valence-electron chi connectivity index (χ0n) is 17.9. The molecular weight excluding hydrogens is 424 g/mol. The molecule has 1 heterocycles. The summed E-state index contributed by atoms with van der Waals surface area (Å²) in [5, 5.41) is 5.45. The van der Waals surface area contributed by atoms with E-state index in [1.54, 1.807) is 20.3 Å². The van der Waals surface area contributed by atoms with Gasteiger partial charge in [0.1, 0.15) is 11.5 Å². The minimum absolute atomic E-state index is 0.151. The Morgan fingerprint density at radius 3 is 1.94 bits per heavy atom. The summed E-state index contributed by atoms with van der Waals surface area (Å²) in [5.41, 5.74) is 4.23. The number of ether oxygens (including phenoxy) is 2. The second-order valence-corrected chi connectivity index (χ2v) is 7.74. The summed E-state index contributed by atoms with van der Waals surface area (Å²) in [6.45, 7) is 0.465. The van der Waals surface area contributed by atoms with Gasteiger partial charge in [0.05, 0.1) is 19.9 Å². The molecule has 32 heavy (non-hydrogen) atoms. The first-order chi connectivity index (χ1) is 15.6. The molecule has 0 saturated heterocycles. The van der Waals surface area contributed by atoms with Crippen LogP contribution < -0.4 is 15.0 Å². The third-order valence-electron chi connectivity index (χ3n) is 5.29. The van der Waals surface area contributed by atoms with Crippen molar-refractivity contribution in [1.82, 2.24) is 9.78 Å². The molecule has 4 aromatic rings. The molecule has 3 aromatic carbocycles. The number of aromatic nitrogens is 2. The summed E-state index contributed by atoms with van der Waals surface area (Å²) >= 11 is 5.97. The molecule has 0 spiro atoms. The Bertz CT molecular complexity index is 1250. The van der Waals surface area contributed by atoms with Crippen LogP contribution in [0.1, 0.15) is 5.56 Å². The molecule has 0 N–H and O–H groups in total. The average Bonchev–Trinajstić information content (AvgIpc) is 2.84. The zero-order valence-corrected chi connectivity index (χ0v) is 18.7. The Morgan fingerprint density at radius 1 is 0.812 bits per heavy atom. The van der Waals surface area contributed by atoms with E-state index in [9.17, 15) is 4.79 Å². The molecule has 0 unspecified atom stereocenters. The van der Waals surface area contributed by atoms with Gasteiger partial charge in [-0.2, -0.15) is 5.10 Å². The van der Waals surface area contributed by atoms with Gasteiger partial charge in [0.15, 0.2) is 0 Å². The smallest absolute Gasteiger partial charge is 0.267 e. The number of methoxy groups -OCH3 is 2. The number of nitrogens with zero attached hydrogens (tertiary/aromatic N) is 2. The first-order valence-corrected chi connectivity index (χ1v) is 10.6. The number of rotatable bonds is 7. The lowest BCUT2D eigenvalue weighted by molar-refractivity contribution is 0.414. The predicted octanol–water partition coefficient (Wildman–Crippen LogP) is 5.49.